The molecule has 0 fully saturated rings. The van der Waals surface area contributed by atoms with Gasteiger partial charge >= 0.3 is 0 Å². The van der Waals surface area contributed by atoms with E-state index in [4.69, 9.17) is 9.47 Å². The number of nitro benzene ring substituents is 1. The van der Waals surface area contributed by atoms with Crippen LogP contribution in [-0.4, -0.2) is 17.1 Å². The van der Waals surface area contributed by atoms with Gasteiger partial charge in [0.25, 0.3) is 5.69 Å². The van der Waals surface area contributed by atoms with Crippen LogP contribution in [0.5, 0.6) is 5.75 Å². The van der Waals surface area contributed by atoms with Crippen LogP contribution in [0.2, 0.25) is 0 Å². The number of hydrogen-bond acceptors (Lipinski definition) is 4. The Labute approximate surface area is 167 Å². The van der Waals surface area contributed by atoms with Crippen molar-refractivity contribution >= 4 is 5.69 Å². The predicted octanol–water partition coefficient (Wildman–Crippen LogP) is 6.09. The minimum absolute atomic E-state index is 0.0659. The lowest BCUT2D eigenvalue weighted by molar-refractivity contribution is -0.384. The van der Waals surface area contributed by atoms with E-state index >= 15 is 0 Å². The van der Waals surface area contributed by atoms with E-state index in [2.05, 4.69) is 39.0 Å². The van der Waals surface area contributed by atoms with Crippen LogP contribution in [0.3, 0.4) is 0 Å². The van der Waals surface area contributed by atoms with E-state index in [0.29, 0.717) is 19.0 Å². The maximum absolute atomic E-state index is 10.6. The summed E-state index contributed by atoms with van der Waals surface area (Å²) in [6.07, 6.45) is 5.07. The Bertz CT molecular complexity index is 767. The lowest BCUT2D eigenvalue weighted by Gasteiger charge is -2.25. The fraction of sp³-hybridized carbons (Fsp3) is 0.391. The molecular weight excluding hydrogens is 354 g/mol. The third kappa shape index (κ3) is 7.92. The van der Waals surface area contributed by atoms with Crippen molar-refractivity contribution in [2.75, 3.05) is 6.61 Å². The molecule has 0 radical (unpaired) electrons. The third-order valence-corrected chi connectivity index (χ3v) is 4.55. The Kier molecular flexibility index (Phi) is 8.20. The fourth-order valence-electron chi connectivity index (χ4n) is 2.76. The van der Waals surface area contributed by atoms with Crippen LogP contribution in [0.4, 0.5) is 5.69 Å². The van der Waals surface area contributed by atoms with Crippen molar-refractivity contribution in [2.24, 2.45) is 0 Å². The minimum Gasteiger partial charge on any atom is -0.490 e. The number of allylic oxidation sites excluding steroid dienone is 1. The highest BCUT2D eigenvalue weighted by atomic mass is 16.6. The van der Waals surface area contributed by atoms with Crippen molar-refractivity contribution in [3.63, 3.8) is 0 Å². The lowest BCUT2D eigenvalue weighted by atomic mass is 9.99. The van der Waals surface area contributed by atoms with Gasteiger partial charge in [0.2, 0.25) is 0 Å². The molecule has 0 aliphatic heterocycles. The van der Waals surface area contributed by atoms with E-state index in [1.165, 1.54) is 23.3 Å². The highest BCUT2D eigenvalue weighted by Crippen LogP contribution is 2.22. The SMILES string of the molecule is C/C(=C\COc1ccc([N+](=O)[O-])cc1)CCCC(C)(C)OCc1ccccc1. The molecular formula is C23H29NO4. The van der Waals surface area contributed by atoms with Crippen LogP contribution in [0.1, 0.15) is 45.6 Å². The van der Waals surface area contributed by atoms with Gasteiger partial charge in [-0.15, -0.1) is 0 Å². The second-order valence-corrected chi connectivity index (χ2v) is 7.50. The molecule has 2 aromatic rings. The molecule has 5 nitrogen and oxygen atoms in total. The Morgan fingerprint density at radius 1 is 1.11 bits per heavy atom. The molecule has 0 aliphatic rings. The van der Waals surface area contributed by atoms with E-state index in [0.717, 1.165) is 19.3 Å². The highest BCUT2D eigenvalue weighted by Gasteiger charge is 2.17. The van der Waals surface area contributed by atoms with Crippen LogP contribution in [0, 0.1) is 10.1 Å². The van der Waals surface area contributed by atoms with Gasteiger partial charge in [-0.1, -0.05) is 35.9 Å². The molecule has 0 saturated heterocycles. The number of benzene rings is 2. The summed E-state index contributed by atoms with van der Waals surface area (Å²) in [4.78, 5) is 10.2. The number of nitro groups is 1. The average molecular weight is 383 g/mol. The molecule has 0 atom stereocenters. The maximum atomic E-state index is 10.6. The monoisotopic (exact) mass is 383 g/mol. The molecule has 0 heterocycles. The van der Waals surface area contributed by atoms with Crippen LogP contribution in [0.15, 0.2) is 66.2 Å². The smallest absolute Gasteiger partial charge is 0.269 e. The zero-order chi connectivity index (χ0) is 20.4. The standard InChI is InChI=1S/C23H29NO4/c1-19(15-17-27-22-13-11-21(12-14-22)24(25)26)8-7-16-23(2,3)28-18-20-9-5-4-6-10-20/h4-6,9-15H,7-8,16-18H2,1-3H3/b19-15+. The van der Waals surface area contributed by atoms with Gasteiger partial charge in [0, 0.05) is 12.1 Å². The van der Waals surface area contributed by atoms with Crippen molar-refractivity contribution in [3.05, 3.63) is 81.9 Å². The number of non-ortho nitro benzene ring substituents is 1. The summed E-state index contributed by atoms with van der Waals surface area (Å²) in [5, 5.41) is 10.6. The van der Waals surface area contributed by atoms with Crippen molar-refractivity contribution < 1.29 is 14.4 Å². The Morgan fingerprint density at radius 2 is 1.79 bits per heavy atom. The molecule has 0 amide bonds. The molecule has 28 heavy (non-hydrogen) atoms. The summed E-state index contributed by atoms with van der Waals surface area (Å²) in [5.74, 6) is 0.630. The van der Waals surface area contributed by atoms with Gasteiger partial charge < -0.3 is 9.47 Å². The zero-order valence-corrected chi connectivity index (χ0v) is 16.9. The first-order valence-corrected chi connectivity index (χ1v) is 9.56. The van der Waals surface area contributed by atoms with Gasteiger partial charge in [0.05, 0.1) is 17.1 Å². The Morgan fingerprint density at radius 3 is 2.43 bits per heavy atom. The lowest BCUT2D eigenvalue weighted by Crippen LogP contribution is -2.24. The summed E-state index contributed by atoms with van der Waals surface area (Å²) in [6, 6.07) is 16.3. The van der Waals surface area contributed by atoms with Gasteiger partial charge in [-0.25, -0.2) is 0 Å². The second kappa shape index (κ2) is 10.6. The topological polar surface area (TPSA) is 61.6 Å². The van der Waals surface area contributed by atoms with Gasteiger partial charge in [0.15, 0.2) is 0 Å². The van der Waals surface area contributed by atoms with Gasteiger partial charge in [-0.2, -0.15) is 0 Å². The Balaban J connectivity index is 1.67. The number of rotatable bonds is 11. The summed E-state index contributed by atoms with van der Waals surface area (Å²) < 4.78 is 11.7. The van der Waals surface area contributed by atoms with E-state index in [9.17, 15) is 10.1 Å². The first kappa shape index (κ1) is 21.6. The van der Waals surface area contributed by atoms with Crippen LogP contribution in [0.25, 0.3) is 0 Å². The molecule has 5 heteroatoms. The van der Waals surface area contributed by atoms with Crippen LogP contribution >= 0.6 is 0 Å². The largest absolute Gasteiger partial charge is 0.490 e. The number of nitrogens with zero attached hydrogens (tertiary/aromatic N) is 1. The number of hydrogen-bond donors (Lipinski definition) is 0. The predicted molar refractivity (Wildman–Crippen MR) is 112 cm³/mol. The summed E-state index contributed by atoms with van der Waals surface area (Å²) in [7, 11) is 0. The summed E-state index contributed by atoms with van der Waals surface area (Å²) in [6.45, 7) is 7.44. The van der Waals surface area contributed by atoms with E-state index in [-0.39, 0.29) is 11.3 Å². The molecule has 2 aromatic carbocycles. The number of ether oxygens (including phenoxy) is 2. The van der Waals surface area contributed by atoms with Crippen molar-refractivity contribution in [2.45, 2.75) is 52.2 Å². The fourth-order valence-corrected chi connectivity index (χ4v) is 2.76. The van der Waals surface area contributed by atoms with Crippen molar-refractivity contribution in [3.8, 4) is 5.75 Å². The van der Waals surface area contributed by atoms with Gasteiger partial charge in [-0.3, -0.25) is 10.1 Å². The third-order valence-electron chi connectivity index (χ3n) is 4.55. The molecule has 0 aliphatic carbocycles. The van der Waals surface area contributed by atoms with E-state index in [1.807, 2.05) is 18.2 Å². The zero-order valence-electron chi connectivity index (χ0n) is 16.9. The molecule has 0 N–H and O–H groups in total. The second-order valence-electron chi connectivity index (χ2n) is 7.50. The van der Waals surface area contributed by atoms with Crippen molar-refractivity contribution in [1.82, 2.24) is 0 Å². The molecule has 0 aromatic heterocycles. The van der Waals surface area contributed by atoms with Gasteiger partial charge in [-0.05, 0) is 63.8 Å². The summed E-state index contributed by atoms with van der Waals surface area (Å²) in [5.41, 5.74) is 2.36. The highest BCUT2D eigenvalue weighted by molar-refractivity contribution is 5.36. The molecule has 0 saturated carbocycles. The molecule has 0 spiro atoms. The van der Waals surface area contributed by atoms with E-state index in [1.54, 1.807) is 12.1 Å². The maximum Gasteiger partial charge on any atom is 0.269 e. The molecule has 2 rings (SSSR count). The molecule has 150 valence electrons. The molecule has 0 bridgehead atoms. The Hall–Kier alpha value is -2.66. The normalized spacial score (nSPS) is 12.0. The average Bonchev–Trinajstić information content (AvgIpc) is 2.67. The first-order valence-electron chi connectivity index (χ1n) is 9.56. The molecule has 0 unspecified atom stereocenters. The van der Waals surface area contributed by atoms with Gasteiger partial charge in [0.1, 0.15) is 12.4 Å². The van der Waals surface area contributed by atoms with Crippen LogP contribution < -0.4 is 4.74 Å². The van der Waals surface area contributed by atoms with E-state index < -0.39 is 4.92 Å². The quantitative estimate of drug-likeness (QED) is 0.268. The van der Waals surface area contributed by atoms with Crippen molar-refractivity contribution in [1.29, 1.82) is 0 Å². The minimum atomic E-state index is -0.418. The summed E-state index contributed by atoms with van der Waals surface area (Å²) >= 11 is 0. The first-order chi connectivity index (χ1) is 13.4. The van der Waals surface area contributed by atoms with Crippen LogP contribution in [-0.2, 0) is 11.3 Å².